The molecule has 2 aliphatic rings. The summed E-state index contributed by atoms with van der Waals surface area (Å²) in [6.07, 6.45) is 7.79. The van der Waals surface area contributed by atoms with Crippen molar-refractivity contribution in [1.82, 2.24) is 15.2 Å². The van der Waals surface area contributed by atoms with Gasteiger partial charge in [0, 0.05) is 17.5 Å². The van der Waals surface area contributed by atoms with Crippen molar-refractivity contribution in [3.05, 3.63) is 15.6 Å². The second kappa shape index (κ2) is 6.33. The molecule has 1 saturated heterocycles. The van der Waals surface area contributed by atoms with Gasteiger partial charge in [0.05, 0.1) is 12.2 Å². The molecule has 19 heavy (non-hydrogen) atoms. The van der Waals surface area contributed by atoms with E-state index in [0.29, 0.717) is 0 Å². The van der Waals surface area contributed by atoms with E-state index in [1.807, 2.05) is 11.3 Å². The van der Waals surface area contributed by atoms with Crippen LogP contribution in [0.5, 0.6) is 0 Å². The molecule has 0 radical (unpaired) electrons. The zero-order valence-corrected chi connectivity index (χ0v) is 12.8. The zero-order valence-electron chi connectivity index (χ0n) is 12.0. The van der Waals surface area contributed by atoms with Crippen LogP contribution < -0.4 is 5.32 Å². The summed E-state index contributed by atoms with van der Waals surface area (Å²) >= 11 is 1.94. The van der Waals surface area contributed by atoms with Crippen LogP contribution in [-0.4, -0.2) is 29.0 Å². The molecule has 1 aromatic rings. The molecule has 3 rings (SSSR count). The highest BCUT2D eigenvalue weighted by Crippen LogP contribution is 2.25. The Morgan fingerprint density at radius 2 is 2.11 bits per heavy atom. The first-order valence-electron chi connectivity index (χ1n) is 7.78. The number of aryl methyl sites for hydroxylation is 1. The quantitative estimate of drug-likeness (QED) is 0.832. The van der Waals surface area contributed by atoms with Gasteiger partial charge in [0.2, 0.25) is 0 Å². The van der Waals surface area contributed by atoms with Gasteiger partial charge < -0.3 is 5.32 Å². The molecule has 0 aromatic carbocycles. The maximum atomic E-state index is 4.90. The fraction of sp³-hybridized carbons (Fsp3) is 0.800. The molecule has 1 aliphatic carbocycles. The lowest BCUT2D eigenvalue weighted by Gasteiger charge is -2.11. The Morgan fingerprint density at radius 1 is 1.32 bits per heavy atom. The monoisotopic (exact) mass is 279 g/mol. The molecule has 1 saturated carbocycles. The number of nitrogens with zero attached hydrogens (tertiary/aromatic N) is 2. The minimum Gasteiger partial charge on any atom is -0.309 e. The lowest BCUT2D eigenvalue weighted by atomic mass is 10.2. The third-order valence-electron chi connectivity index (χ3n) is 4.00. The SMILES string of the molecule is CCCc1nc(CN2CCCC2)sc1CNC1CC1. The van der Waals surface area contributed by atoms with Crippen LogP contribution in [0.1, 0.15) is 54.6 Å². The second-order valence-corrected chi connectivity index (χ2v) is 7.03. The highest BCUT2D eigenvalue weighted by atomic mass is 32.1. The summed E-state index contributed by atoms with van der Waals surface area (Å²) in [6, 6.07) is 0.790. The molecule has 0 spiro atoms. The lowest BCUT2D eigenvalue weighted by Crippen LogP contribution is -2.18. The second-order valence-electron chi connectivity index (χ2n) is 5.87. The summed E-state index contributed by atoms with van der Waals surface area (Å²) in [5.41, 5.74) is 1.36. The Bertz CT molecular complexity index is 406. The summed E-state index contributed by atoms with van der Waals surface area (Å²) in [6.45, 7) is 6.89. The normalized spacial score (nSPS) is 20.3. The summed E-state index contributed by atoms with van der Waals surface area (Å²) in [5.74, 6) is 0. The van der Waals surface area contributed by atoms with Gasteiger partial charge in [0.15, 0.2) is 0 Å². The predicted octanol–water partition coefficient (Wildman–Crippen LogP) is 2.94. The van der Waals surface area contributed by atoms with Crippen molar-refractivity contribution >= 4 is 11.3 Å². The first kappa shape index (κ1) is 13.5. The molecule has 0 bridgehead atoms. The van der Waals surface area contributed by atoms with Crippen LogP contribution in [0.4, 0.5) is 0 Å². The number of aromatic nitrogens is 1. The Balaban J connectivity index is 1.63. The minimum absolute atomic E-state index is 0.790. The van der Waals surface area contributed by atoms with Gasteiger partial charge in [-0.15, -0.1) is 11.3 Å². The van der Waals surface area contributed by atoms with E-state index in [-0.39, 0.29) is 0 Å². The summed E-state index contributed by atoms with van der Waals surface area (Å²) in [7, 11) is 0. The Labute approximate surface area is 120 Å². The maximum Gasteiger partial charge on any atom is 0.107 e. The van der Waals surface area contributed by atoms with Gasteiger partial charge in [-0.25, -0.2) is 4.98 Å². The van der Waals surface area contributed by atoms with Crippen LogP contribution in [0, 0.1) is 0 Å². The largest absolute Gasteiger partial charge is 0.309 e. The molecule has 1 aromatic heterocycles. The van der Waals surface area contributed by atoms with Crippen molar-refractivity contribution in [3.63, 3.8) is 0 Å². The van der Waals surface area contributed by atoms with Gasteiger partial charge in [-0.05, 0) is 45.2 Å². The van der Waals surface area contributed by atoms with E-state index < -0.39 is 0 Å². The molecule has 2 fully saturated rings. The number of hydrogen-bond acceptors (Lipinski definition) is 4. The van der Waals surface area contributed by atoms with Crippen LogP contribution in [0.15, 0.2) is 0 Å². The zero-order chi connectivity index (χ0) is 13.1. The van der Waals surface area contributed by atoms with E-state index in [1.54, 1.807) is 0 Å². The Morgan fingerprint density at radius 3 is 2.79 bits per heavy atom. The van der Waals surface area contributed by atoms with Gasteiger partial charge in [-0.3, -0.25) is 4.90 Å². The number of nitrogens with one attached hydrogen (secondary N) is 1. The van der Waals surface area contributed by atoms with E-state index in [2.05, 4.69) is 17.1 Å². The lowest BCUT2D eigenvalue weighted by molar-refractivity contribution is 0.330. The molecule has 2 heterocycles. The first-order chi connectivity index (χ1) is 9.35. The topological polar surface area (TPSA) is 28.2 Å². The molecule has 106 valence electrons. The van der Waals surface area contributed by atoms with E-state index >= 15 is 0 Å². The minimum atomic E-state index is 0.790. The van der Waals surface area contributed by atoms with Crippen molar-refractivity contribution in [3.8, 4) is 0 Å². The van der Waals surface area contributed by atoms with Gasteiger partial charge in [-0.1, -0.05) is 13.3 Å². The highest BCUT2D eigenvalue weighted by Gasteiger charge is 2.22. The first-order valence-corrected chi connectivity index (χ1v) is 8.60. The van der Waals surface area contributed by atoms with Crippen LogP contribution in [-0.2, 0) is 19.5 Å². The third kappa shape index (κ3) is 3.77. The summed E-state index contributed by atoms with van der Waals surface area (Å²) in [5, 5.41) is 4.97. The number of likely N-dealkylation sites (tertiary alicyclic amines) is 1. The van der Waals surface area contributed by atoms with Crippen molar-refractivity contribution in [2.45, 2.75) is 64.6 Å². The van der Waals surface area contributed by atoms with Crippen molar-refractivity contribution in [2.24, 2.45) is 0 Å². The van der Waals surface area contributed by atoms with Crippen LogP contribution in [0.2, 0.25) is 0 Å². The van der Waals surface area contributed by atoms with E-state index in [0.717, 1.165) is 25.6 Å². The molecule has 3 nitrogen and oxygen atoms in total. The predicted molar refractivity (Wildman–Crippen MR) is 80.5 cm³/mol. The smallest absolute Gasteiger partial charge is 0.107 e. The number of rotatable bonds is 7. The van der Waals surface area contributed by atoms with Crippen molar-refractivity contribution in [2.75, 3.05) is 13.1 Å². The molecule has 1 aliphatic heterocycles. The van der Waals surface area contributed by atoms with Gasteiger partial charge in [0.1, 0.15) is 5.01 Å². The average Bonchev–Trinajstić information content (AvgIpc) is 2.95. The molecular formula is C15H25N3S. The van der Waals surface area contributed by atoms with Gasteiger partial charge in [0.25, 0.3) is 0 Å². The molecule has 4 heteroatoms. The van der Waals surface area contributed by atoms with Crippen molar-refractivity contribution < 1.29 is 0 Å². The molecule has 1 N–H and O–H groups in total. The van der Waals surface area contributed by atoms with Crippen LogP contribution in [0.25, 0.3) is 0 Å². The van der Waals surface area contributed by atoms with E-state index in [9.17, 15) is 0 Å². The van der Waals surface area contributed by atoms with Gasteiger partial charge in [-0.2, -0.15) is 0 Å². The van der Waals surface area contributed by atoms with E-state index in [4.69, 9.17) is 4.98 Å². The highest BCUT2D eigenvalue weighted by molar-refractivity contribution is 7.11. The standard InChI is InChI=1S/C15H25N3S/c1-2-5-13-14(10-16-12-6-7-12)19-15(17-13)11-18-8-3-4-9-18/h12,16H,2-11H2,1H3. The summed E-state index contributed by atoms with van der Waals surface area (Å²) in [4.78, 5) is 8.94. The Hall–Kier alpha value is -0.450. The van der Waals surface area contributed by atoms with Gasteiger partial charge >= 0.3 is 0 Å². The molecule has 0 atom stereocenters. The summed E-state index contributed by atoms with van der Waals surface area (Å²) < 4.78 is 0. The third-order valence-corrected chi connectivity index (χ3v) is 5.08. The van der Waals surface area contributed by atoms with E-state index in [1.165, 1.54) is 60.8 Å². The van der Waals surface area contributed by atoms with Crippen molar-refractivity contribution in [1.29, 1.82) is 0 Å². The molecular weight excluding hydrogens is 254 g/mol. The average molecular weight is 279 g/mol. The number of hydrogen-bond donors (Lipinski definition) is 1. The number of thiazole rings is 1. The van der Waals surface area contributed by atoms with Crippen LogP contribution >= 0.6 is 11.3 Å². The van der Waals surface area contributed by atoms with Crippen LogP contribution in [0.3, 0.4) is 0 Å². The maximum absolute atomic E-state index is 4.90. The molecule has 0 unspecified atom stereocenters. The Kier molecular flexibility index (Phi) is 4.51. The fourth-order valence-corrected chi connectivity index (χ4v) is 3.84. The fourth-order valence-electron chi connectivity index (χ4n) is 2.73. The molecule has 0 amide bonds.